The van der Waals surface area contributed by atoms with Crippen LogP contribution in [0.25, 0.3) is 0 Å². The Labute approximate surface area is 243 Å². The van der Waals surface area contributed by atoms with Gasteiger partial charge in [-0.25, -0.2) is 4.79 Å². The van der Waals surface area contributed by atoms with Gasteiger partial charge in [0, 0.05) is 6.54 Å². The van der Waals surface area contributed by atoms with Gasteiger partial charge in [0.15, 0.2) is 0 Å². The average molecular weight is 570 g/mol. The van der Waals surface area contributed by atoms with E-state index < -0.39 is 26.6 Å². The van der Waals surface area contributed by atoms with Crippen LogP contribution < -0.4 is 15.1 Å². The predicted molar refractivity (Wildman–Crippen MR) is 165 cm³/mol. The van der Waals surface area contributed by atoms with Crippen LogP contribution in [0.5, 0.6) is 5.75 Å². The number of aliphatic hydroxyl groups excluding tert-OH is 1. The van der Waals surface area contributed by atoms with Crippen molar-refractivity contribution in [3.8, 4) is 5.75 Å². The molecular weight excluding hydrogens is 530 g/mol. The Hall–Kier alpha value is -3.91. The number of ether oxygens (including phenoxy) is 1. The van der Waals surface area contributed by atoms with Gasteiger partial charge in [-0.1, -0.05) is 124 Å². The lowest BCUT2D eigenvalue weighted by Crippen LogP contribution is -2.67. The molecule has 0 spiro atoms. The molecule has 0 aromatic heterocycles. The van der Waals surface area contributed by atoms with Crippen molar-refractivity contribution in [1.82, 2.24) is 4.90 Å². The van der Waals surface area contributed by atoms with Gasteiger partial charge in [0.1, 0.15) is 11.9 Å². The van der Waals surface area contributed by atoms with Crippen LogP contribution in [0, 0.1) is 0 Å². The lowest BCUT2D eigenvalue weighted by Gasteiger charge is -2.44. The van der Waals surface area contributed by atoms with Crippen LogP contribution in [0.2, 0.25) is 5.04 Å². The van der Waals surface area contributed by atoms with Gasteiger partial charge in [-0.3, -0.25) is 4.90 Å². The third-order valence-corrected chi connectivity index (χ3v) is 12.5. The van der Waals surface area contributed by atoms with Crippen molar-refractivity contribution in [1.29, 1.82) is 0 Å². The normalized spacial score (nSPS) is 13.3. The molecule has 0 aliphatic carbocycles. The molecule has 0 aliphatic heterocycles. The molecule has 0 fully saturated rings. The summed E-state index contributed by atoms with van der Waals surface area (Å²) in [6, 6.07) is 36.1. The summed E-state index contributed by atoms with van der Waals surface area (Å²) in [7, 11) is -1.37. The third kappa shape index (κ3) is 6.70. The number of aliphatic hydroxyl groups is 1. The van der Waals surface area contributed by atoms with Crippen molar-refractivity contribution in [3.63, 3.8) is 0 Å². The van der Waals surface area contributed by atoms with Gasteiger partial charge >= 0.3 is 6.09 Å². The Kier molecular flexibility index (Phi) is 9.65. The molecule has 0 saturated heterocycles. The van der Waals surface area contributed by atoms with Crippen LogP contribution in [-0.2, 0) is 11.0 Å². The average Bonchev–Trinajstić information content (AvgIpc) is 2.98. The van der Waals surface area contributed by atoms with E-state index in [9.17, 15) is 15.0 Å². The minimum atomic E-state index is -2.96. The third-order valence-electron chi connectivity index (χ3n) is 7.49. The first-order chi connectivity index (χ1) is 19.7. The van der Waals surface area contributed by atoms with E-state index in [2.05, 4.69) is 45.0 Å². The fourth-order valence-electron chi connectivity index (χ4n) is 5.54. The summed E-state index contributed by atoms with van der Waals surface area (Å²) >= 11 is 0. The SMILES string of the molecule is COc1ccc([C@H]([C@H](O)CO[Si](c2ccccc2)(c2ccccc2)C(C)(C)C)N(Cc2ccccc2)C(=O)O)cc1. The number of hydrogen-bond donors (Lipinski definition) is 2. The fraction of sp³-hybridized carbons (Fsp3) is 0.265. The van der Waals surface area contributed by atoms with E-state index in [1.54, 1.807) is 31.4 Å². The lowest BCUT2D eigenvalue weighted by atomic mass is 9.99. The highest BCUT2D eigenvalue weighted by Crippen LogP contribution is 2.38. The second kappa shape index (κ2) is 13.2. The number of carboxylic acid groups (broad SMARTS) is 1. The topological polar surface area (TPSA) is 79.2 Å². The van der Waals surface area contributed by atoms with E-state index >= 15 is 0 Å². The molecule has 0 unspecified atom stereocenters. The van der Waals surface area contributed by atoms with Crippen LogP contribution in [-0.4, -0.2) is 49.3 Å². The second-order valence-corrected chi connectivity index (χ2v) is 15.5. The maximum Gasteiger partial charge on any atom is 0.408 e. The van der Waals surface area contributed by atoms with Gasteiger partial charge in [-0.05, 0) is 38.7 Å². The number of methoxy groups -OCH3 is 1. The zero-order valence-corrected chi connectivity index (χ0v) is 25.1. The molecule has 2 N–H and O–H groups in total. The molecule has 0 radical (unpaired) electrons. The summed E-state index contributed by atoms with van der Waals surface area (Å²) in [4.78, 5) is 14.0. The minimum Gasteiger partial charge on any atom is -0.497 e. The van der Waals surface area contributed by atoms with Gasteiger partial charge in [0.25, 0.3) is 8.32 Å². The highest BCUT2D eigenvalue weighted by Gasteiger charge is 2.50. The monoisotopic (exact) mass is 569 g/mol. The summed E-state index contributed by atoms with van der Waals surface area (Å²) in [6.07, 6.45) is -2.27. The maximum absolute atomic E-state index is 12.7. The molecule has 0 saturated carbocycles. The molecule has 6 nitrogen and oxygen atoms in total. The number of benzene rings is 4. The van der Waals surface area contributed by atoms with Gasteiger partial charge < -0.3 is 19.4 Å². The van der Waals surface area contributed by atoms with Gasteiger partial charge in [0.2, 0.25) is 0 Å². The predicted octanol–water partition coefficient (Wildman–Crippen LogP) is 5.85. The van der Waals surface area contributed by atoms with E-state index in [1.165, 1.54) is 4.90 Å². The van der Waals surface area contributed by atoms with Gasteiger partial charge in [0.05, 0.1) is 19.8 Å². The van der Waals surface area contributed by atoms with Crippen molar-refractivity contribution in [2.45, 2.75) is 44.5 Å². The minimum absolute atomic E-state index is 0.0530. The first-order valence-electron chi connectivity index (χ1n) is 13.8. The second-order valence-electron chi connectivity index (χ2n) is 11.2. The standard InChI is InChI=1S/C34H39NO5Si/c1-34(2,3)41(29-16-10-6-11-17-29,30-18-12-7-13-19-30)40-25-31(36)32(27-20-22-28(39-4)23-21-27)35(33(37)38)24-26-14-8-5-9-15-26/h5-23,31-32,36H,24-25H2,1-4H3,(H,37,38)/t31-,32-/m1/s1. The number of amides is 1. The van der Waals surface area contributed by atoms with E-state index in [0.717, 1.165) is 15.9 Å². The van der Waals surface area contributed by atoms with Crippen LogP contribution in [0.3, 0.4) is 0 Å². The summed E-state index contributed by atoms with van der Waals surface area (Å²) in [5.74, 6) is 0.649. The molecule has 41 heavy (non-hydrogen) atoms. The Balaban J connectivity index is 1.76. The van der Waals surface area contributed by atoms with E-state index in [-0.39, 0.29) is 18.2 Å². The molecule has 2 atom stereocenters. The number of rotatable bonds is 11. The van der Waals surface area contributed by atoms with Crippen molar-refractivity contribution in [2.24, 2.45) is 0 Å². The lowest BCUT2D eigenvalue weighted by molar-refractivity contribution is 0.0146. The molecule has 0 heterocycles. The zero-order chi connectivity index (χ0) is 29.5. The largest absolute Gasteiger partial charge is 0.497 e. The van der Waals surface area contributed by atoms with Crippen molar-refractivity contribution >= 4 is 24.8 Å². The first-order valence-corrected chi connectivity index (χ1v) is 15.7. The summed E-state index contributed by atoms with van der Waals surface area (Å²) in [5.41, 5.74) is 1.48. The molecule has 4 aromatic carbocycles. The fourth-order valence-corrected chi connectivity index (χ4v) is 10.1. The van der Waals surface area contributed by atoms with E-state index in [4.69, 9.17) is 9.16 Å². The maximum atomic E-state index is 12.7. The Morgan fingerprint density at radius 1 is 0.805 bits per heavy atom. The highest BCUT2D eigenvalue weighted by molar-refractivity contribution is 6.99. The number of carbonyl (C=O) groups is 1. The zero-order valence-electron chi connectivity index (χ0n) is 24.1. The molecule has 0 bridgehead atoms. The van der Waals surface area contributed by atoms with Crippen LogP contribution in [0.1, 0.15) is 37.9 Å². The highest BCUT2D eigenvalue weighted by atomic mass is 28.4. The summed E-state index contributed by atoms with van der Waals surface area (Å²) in [5, 5.41) is 24.1. The molecule has 214 valence electrons. The molecule has 4 rings (SSSR count). The van der Waals surface area contributed by atoms with Gasteiger partial charge in [-0.15, -0.1) is 0 Å². The van der Waals surface area contributed by atoms with Gasteiger partial charge in [-0.2, -0.15) is 0 Å². The Morgan fingerprint density at radius 3 is 1.73 bits per heavy atom. The van der Waals surface area contributed by atoms with E-state index in [1.807, 2.05) is 66.7 Å². The molecule has 7 heteroatoms. The van der Waals surface area contributed by atoms with Crippen molar-refractivity contribution in [3.05, 3.63) is 126 Å². The summed E-state index contributed by atoms with van der Waals surface area (Å²) in [6.45, 7) is 6.58. The van der Waals surface area contributed by atoms with Crippen LogP contribution in [0.4, 0.5) is 4.79 Å². The molecule has 1 amide bonds. The Morgan fingerprint density at radius 2 is 1.29 bits per heavy atom. The number of hydrogen-bond acceptors (Lipinski definition) is 4. The van der Waals surface area contributed by atoms with E-state index in [0.29, 0.717) is 11.3 Å². The smallest absolute Gasteiger partial charge is 0.408 e. The number of nitrogens with zero attached hydrogens (tertiary/aromatic N) is 1. The molecule has 4 aromatic rings. The summed E-state index contributed by atoms with van der Waals surface area (Å²) < 4.78 is 12.3. The van der Waals surface area contributed by atoms with Crippen LogP contribution in [0.15, 0.2) is 115 Å². The molecule has 0 aliphatic rings. The molecular formula is C34H39NO5Si. The van der Waals surface area contributed by atoms with Crippen LogP contribution >= 0.6 is 0 Å². The quantitative estimate of drug-likeness (QED) is 0.222. The first kappa shape index (κ1) is 30.1. The Bertz CT molecular complexity index is 1340. The van der Waals surface area contributed by atoms with Crippen molar-refractivity contribution < 1.29 is 24.2 Å². The van der Waals surface area contributed by atoms with Crippen molar-refractivity contribution in [2.75, 3.05) is 13.7 Å².